The highest BCUT2D eigenvalue weighted by atomic mass is 16.5. The summed E-state index contributed by atoms with van der Waals surface area (Å²) in [5, 5.41) is 11.5. The first-order valence-electron chi connectivity index (χ1n) is 10.5. The smallest absolute Gasteiger partial charge is 0.336 e. The molecule has 1 aliphatic carbocycles. The number of anilines is 1. The third-order valence-electron chi connectivity index (χ3n) is 5.31. The lowest BCUT2D eigenvalue weighted by atomic mass is 9.89. The van der Waals surface area contributed by atoms with Gasteiger partial charge < -0.3 is 9.84 Å². The van der Waals surface area contributed by atoms with E-state index in [1.54, 1.807) is 24.3 Å². The van der Waals surface area contributed by atoms with Crippen molar-refractivity contribution in [2.45, 2.75) is 46.0 Å². The average Bonchev–Trinajstić information content (AvgIpc) is 3.39. The Kier molecular flexibility index (Phi) is 4.69. The minimum atomic E-state index is -0.639. The van der Waals surface area contributed by atoms with Crippen LogP contribution in [0.4, 0.5) is 5.69 Å². The Labute approximate surface area is 183 Å². The highest BCUT2D eigenvalue weighted by Crippen LogP contribution is 2.41. The second-order valence-corrected chi connectivity index (χ2v) is 9.39. The second kappa shape index (κ2) is 7.44. The Morgan fingerprint density at radius 1 is 1.19 bits per heavy atom. The molecule has 3 aromatic heterocycles. The van der Waals surface area contributed by atoms with Gasteiger partial charge in [-0.3, -0.25) is 14.3 Å². The number of carbonyl (C=O) groups excluding carboxylic acids is 1. The largest absolute Gasteiger partial charge is 0.439 e. The summed E-state index contributed by atoms with van der Waals surface area (Å²) < 4.78 is 10.1. The molecule has 5 rings (SSSR count). The first-order chi connectivity index (χ1) is 15.3. The zero-order valence-corrected chi connectivity index (χ0v) is 18.1. The topological polar surface area (TPSA) is 127 Å². The maximum Gasteiger partial charge on any atom is 0.439 e. The van der Waals surface area contributed by atoms with Gasteiger partial charge in [0.2, 0.25) is 0 Å². The maximum atomic E-state index is 13.4. The molecule has 0 radical (unpaired) electrons. The molecule has 1 fully saturated rings. The zero-order valence-electron chi connectivity index (χ0n) is 18.1. The SMILES string of the molecule is CC(C)(C)Cc1noc2nc(C3CC3)cc(C(=O)Nc3cccc(-c4noc(=O)[nH]4)c3)c12. The number of aromatic nitrogens is 4. The lowest BCUT2D eigenvalue weighted by Crippen LogP contribution is -2.15. The maximum absolute atomic E-state index is 13.4. The number of amides is 1. The van der Waals surface area contributed by atoms with Crippen molar-refractivity contribution in [3.05, 3.63) is 57.8 Å². The van der Waals surface area contributed by atoms with E-state index in [1.807, 2.05) is 6.07 Å². The van der Waals surface area contributed by atoms with Crippen molar-refractivity contribution >= 4 is 22.7 Å². The van der Waals surface area contributed by atoms with Gasteiger partial charge in [0, 0.05) is 22.9 Å². The van der Waals surface area contributed by atoms with Crippen molar-refractivity contribution in [3.63, 3.8) is 0 Å². The van der Waals surface area contributed by atoms with E-state index in [-0.39, 0.29) is 11.3 Å². The van der Waals surface area contributed by atoms with Crippen LogP contribution in [0.2, 0.25) is 0 Å². The summed E-state index contributed by atoms with van der Waals surface area (Å²) in [4.78, 5) is 31.8. The second-order valence-electron chi connectivity index (χ2n) is 9.39. The number of H-pyrrole nitrogens is 1. The van der Waals surface area contributed by atoms with Crippen molar-refractivity contribution < 1.29 is 13.8 Å². The van der Waals surface area contributed by atoms with Crippen molar-refractivity contribution in [1.29, 1.82) is 0 Å². The lowest BCUT2D eigenvalue weighted by Gasteiger charge is -2.16. The molecule has 4 aromatic rings. The Balaban J connectivity index is 1.52. The first-order valence-corrected chi connectivity index (χ1v) is 10.5. The molecule has 1 aromatic carbocycles. The fourth-order valence-electron chi connectivity index (χ4n) is 3.72. The molecule has 2 N–H and O–H groups in total. The van der Waals surface area contributed by atoms with Crippen LogP contribution >= 0.6 is 0 Å². The summed E-state index contributed by atoms with van der Waals surface area (Å²) in [5.41, 5.74) is 3.62. The van der Waals surface area contributed by atoms with Crippen molar-refractivity contribution in [3.8, 4) is 11.4 Å². The molecule has 0 bridgehead atoms. The molecule has 0 spiro atoms. The Hall–Kier alpha value is -3.75. The van der Waals surface area contributed by atoms with Crippen LogP contribution in [-0.4, -0.2) is 26.2 Å². The standard InChI is InChI=1S/C23H23N5O4/c1-23(2,3)11-17-18-15(10-16(12-7-8-12)25-21(18)31-27-17)20(29)24-14-6-4-5-13(9-14)19-26-22(30)32-28-19/h4-6,9-10,12H,7-8,11H2,1-3H3,(H,24,29)(H,26,28,30). The van der Waals surface area contributed by atoms with Gasteiger partial charge in [-0.15, -0.1) is 0 Å². The van der Waals surface area contributed by atoms with E-state index in [2.05, 4.69) is 50.9 Å². The van der Waals surface area contributed by atoms with Crippen LogP contribution in [0.5, 0.6) is 0 Å². The van der Waals surface area contributed by atoms with E-state index >= 15 is 0 Å². The molecule has 0 aliphatic heterocycles. The molecule has 164 valence electrons. The normalized spacial score (nSPS) is 14.1. The Morgan fingerprint density at radius 3 is 2.69 bits per heavy atom. The third-order valence-corrected chi connectivity index (χ3v) is 5.31. The van der Waals surface area contributed by atoms with Gasteiger partial charge >= 0.3 is 5.76 Å². The zero-order chi connectivity index (χ0) is 22.5. The summed E-state index contributed by atoms with van der Waals surface area (Å²) in [6, 6.07) is 8.87. The van der Waals surface area contributed by atoms with Crippen LogP contribution in [0.3, 0.4) is 0 Å². The van der Waals surface area contributed by atoms with Gasteiger partial charge in [0.05, 0.1) is 16.6 Å². The molecule has 9 nitrogen and oxygen atoms in total. The molecule has 0 atom stereocenters. The molecular formula is C23H23N5O4. The molecule has 1 aliphatic rings. The number of carbonyl (C=O) groups is 1. The molecule has 0 saturated heterocycles. The summed E-state index contributed by atoms with van der Waals surface area (Å²) in [7, 11) is 0. The average molecular weight is 433 g/mol. The summed E-state index contributed by atoms with van der Waals surface area (Å²) in [6.07, 6.45) is 2.76. The number of fused-ring (bicyclic) bond motifs is 1. The molecule has 3 heterocycles. The first kappa shape index (κ1) is 20.2. The van der Waals surface area contributed by atoms with Gasteiger partial charge in [-0.25, -0.2) is 9.78 Å². The number of hydrogen-bond donors (Lipinski definition) is 2. The van der Waals surface area contributed by atoms with Crippen LogP contribution in [0.1, 0.15) is 61.3 Å². The molecular weight excluding hydrogens is 410 g/mol. The predicted octanol–water partition coefficient (Wildman–Crippen LogP) is 4.28. The Bertz CT molecular complexity index is 1370. The summed E-state index contributed by atoms with van der Waals surface area (Å²) >= 11 is 0. The number of pyridine rings is 1. The number of hydrogen-bond acceptors (Lipinski definition) is 7. The number of aromatic amines is 1. The number of rotatable bonds is 5. The fraction of sp³-hybridized carbons (Fsp3) is 0.348. The summed E-state index contributed by atoms with van der Waals surface area (Å²) in [5.74, 6) is -0.266. The van der Waals surface area contributed by atoms with Gasteiger partial charge in [-0.2, -0.15) is 0 Å². The van der Waals surface area contributed by atoms with E-state index < -0.39 is 5.76 Å². The molecule has 9 heteroatoms. The van der Waals surface area contributed by atoms with Gasteiger partial charge in [0.25, 0.3) is 11.6 Å². The quantitative estimate of drug-likeness (QED) is 0.481. The van der Waals surface area contributed by atoms with Crippen LogP contribution in [-0.2, 0) is 6.42 Å². The van der Waals surface area contributed by atoms with Crippen LogP contribution in [0.15, 0.2) is 44.2 Å². The van der Waals surface area contributed by atoms with E-state index in [1.165, 1.54) is 0 Å². The van der Waals surface area contributed by atoms with Gasteiger partial charge in [-0.05, 0) is 42.9 Å². The van der Waals surface area contributed by atoms with E-state index in [0.717, 1.165) is 24.2 Å². The van der Waals surface area contributed by atoms with E-state index in [0.29, 0.717) is 46.1 Å². The fourth-order valence-corrected chi connectivity index (χ4v) is 3.72. The van der Waals surface area contributed by atoms with E-state index in [9.17, 15) is 9.59 Å². The van der Waals surface area contributed by atoms with Crippen LogP contribution in [0.25, 0.3) is 22.5 Å². The summed E-state index contributed by atoms with van der Waals surface area (Å²) in [6.45, 7) is 6.33. The number of benzene rings is 1. The molecule has 1 amide bonds. The predicted molar refractivity (Wildman–Crippen MR) is 117 cm³/mol. The highest BCUT2D eigenvalue weighted by Gasteiger charge is 2.30. The minimum absolute atomic E-state index is 0.0322. The Morgan fingerprint density at radius 2 is 2.00 bits per heavy atom. The highest BCUT2D eigenvalue weighted by molar-refractivity contribution is 6.12. The van der Waals surface area contributed by atoms with Crippen molar-refractivity contribution in [2.75, 3.05) is 5.32 Å². The minimum Gasteiger partial charge on any atom is -0.336 e. The lowest BCUT2D eigenvalue weighted by molar-refractivity contribution is 0.102. The van der Waals surface area contributed by atoms with Crippen LogP contribution in [0, 0.1) is 5.41 Å². The van der Waals surface area contributed by atoms with Gasteiger partial charge in [-0.1, -0.05) is 43.2 Å². The number of nitrogens with one attached hydrogen (secondary N) is 2. The van der Waals surface area contributed by atoms with Crippen molar-refractivity contribution in [2.24, 2.45) is 5.41 Å². The molecule has 0 unspecified atom stereocenters. The van der Waals surface area contributed by atoms with Crippen molar-refractivity contribution in [1.82, 2.24) is 20.3 Å². The molecule has 1 saturated carbocycles. The third kappa shape index (κ3) is 4.05. The number of nitrogens with zero attached hydrogens (tertiary/aromatic N) is 3. The van der Waals surface area contributed by atoms with E-state index in [4.69, 9.17) is 4.52 Å². The monoisotopic (exact) mass is 433 g/mol. The van der Waals surface area contributed by atoms with Gasteiger partial charge in [0.15, 0.2) is 5.82 Å². The van der Waals surface area contributed by atoms with Gasteiger partial charge in [0.1, 0.15) is 0 Å². The molecule has 32 heavy (non-hydrogen) atoms. The van der Waals surface area contributed by atoms with Crippen LogP contribution < -0.4 is 11.1 Å².